The molecule has 3 N–H and O–H groups in total. The summed E-state index contributed by atoms with van der Waals surface area (Å²) in [5.74, 6) is 0.269. The minimum absolute atomic E-state index is 0.117. The highest BCUT2D eigenvalue weighted by Crippen LogP contribution is 2.00. The zero-order valence-electron chi connectivity index (χ0n) is 5.60. The molecule has 0 spiro atoms. The van der Waals surface area contributed by atoms with Crippen LogP contribution < -0.4 is 5.73 Å². The van der Waals surface area contributed by atoms with Crippen LogP contribution in [0.2, 0.25) is 0 Å². The number of aliphatic hydroxyl groups excluding tert-OH is 1. The van der Waals surface area contributed by atoms with E-state index in [1.54, 1.807) is 7.05 Å². The third kappa shape index (κ3) is 1.28. The Balaban J connectivity index is 2.74. The van der Waals surface area contributed by atoms with Crippen molar-refractivity contribution in [1.29, 1.82) is 0 Å². The molecule has 1 rings (SSSR count). The minimum atomic E-state index is -0.798. The van der Waals surface area contributed by atoms with Crippen molar-refractivity contribution in [2.75, 3.05) is 6.54 Å². The Hall–Kier alpha value is -1.01. The van der Waals surface area contributed by atoms with E-state index in [-0.39, 0.29) is 12.4 Å². The summed E-state index contributed by atoms with van der Waals surface area (Å²) in [5.41, 5.74) is 5.15. The van der Waals surface area contributed by atoms with Crippen molar-refractivity contribution in [2.24, 2.45) is 12.8 Å². The molecule has 6 nitrogen and oxygen atoms in total. The van der Waals surface area contributed by atoms with Crippen LogP contribution in [0.15, 0.2) is 0 Å². The van der Waals surface area contributed by atoms with E-state index in [1.807, 2.05) is 0 Å². The second kappa shape index (κ2) is 2.72. The summed E-state index contributed by atoms with van der Waals surface area (Å²) in [5, 5.41) is 19.9. The van der Waals surface area contributed by atoms with Crippen molar-refractivity contribution in [1.82, 2.24) is 20.2 Å². The first-order valence-electron chi connectivity index (χ1n) is 2.86. The number of rotatable bonds is 2. The maximum atomic E-state index is 9.04. The molecule has 1 atom stereocenters. The smallest absolute Gasteiger partial charge is 0.204 e. The highest BCUT2D eigenvalue weighted by Gasteiger charge is 2.09. The van der Waals surface area contributed by atoms with Crippen molar-refractivity contribution in [3.05, 3.63) is 5.82 Å². The predicted octanol–water partition coefficient (Wildman–Crippen LogP) is -1.80. The molecule has 0 unspecified atom stereocenters. The number of nitrogens with zero attached hydrogens (tertiary/aromatic N) is 4. The molecule has 10 heavy (non-hydrogen) atoms. The number of hydrogen-bond acceptors (Lipinski definition) is 5. The van der Waals surface area contributed by atoms with Gasteiger partial charge in [0.05, 0.1) is 7.05 Å². The van der Waals surface area contributed by atoms with E-state index in [0.717, 1.165) is 0 Å². The summed E-state index contributed by atoms with van der Waals surface area (Å²) in [4.78, 5) is 1.27. The van der Waals surface area contributed by atoms with E-state index < -0.39 is 6.10 Å². The Morgan fingerprint density at radius 3 is 2.90 bits per heavy atom. The summed E-state index contributed by atoms with van der Waals surface area (Å²) in [6, 6.07) is 0. The average molecular weight is 143 g/mol. The summed E-state index contributed by atoms with van der Waals surface area (Å²) in [7, 11) is 1.62. The maximum absolute atomic E-state index is 9.04. The maximum Gasteiger partial charge on any atom is 0.204 e. The van der Waals surface area contributed by atoms with Crippen LogP contribution in [0.4, 0.5) is 0 Å². The fourth-order valence-corrected chi connectivity index (χ4v) is 0.538. The van der Waals surface area contributed by atoms with Gasteiger partial charge in [0.2, 0.25) is 5.82 Å². The van der Waals surface area contributed by atoms with Crippen molar-refractivity contribution < 1.29 is 5.11 Å². The summed E-state index contributed by atoms with van der Waals surface area (Å²) < 4.78 is 0. The van der Waals surface area contributed by atoms with Crippen molar-refractivity contribution in [2.45, 2.75) is 6.10 Å². The summed E-state index contributed by atoms with van der Waals surface area (Å²) >= 11 is 0. The monoisotopic (exact) mass is 143 g/mol. The molecule has 1 heterocycles. The van der Waals surface area contributed by atoms with Crippen LogP contribution in [-0.2, 0) is 7.05 Å². The molecule has 0 aliphatic rings. The van der Waals surface area contributed by atoms with Gasteiger partial charge in [0.1, 0.15) is 6.10 Å². The molecule has 0 radical (unpaired) electrons. The molecule has 56 valence electrons. The van der Waals surface area contributed by atoms with Crippen LogP contribution in [0.1, 0.15) is 11.9 Å². The average Bonchev–Trinajstić information content (AvgIpc) is 2.34. The lowest BCUT2D eigenvalue weighted by atomic mass is 10.3. The van der Waals surface area contributed by atoms with Crippen molar-refractivity contribution in [3.8, 4) is 0 Å². The van der Waals surface area contributed by atoms with Crippen LogP contribution in [0.5, 0.6) is 0 Å². The SMILES string of the molecule is Cn1nnc([C@H](O)CN)n1. The van der Waals surface area contributed by atoms with Crippen molar-refractivity contribution >= 4 is 0 Å². The molecular weight excluding hydrogens is 134 g/mol. The van der Waals surface area contributed by atoms with Crippen LogP contribution in [0.3, 0.4) is 0 Å². The predicted molar refractivity (Wildman–Crippen MR) is 32.8 cm³/mol. The van der Waals surface area contributed by atoms with Gasteiger partial charge in [-0.25, -0.2) is 0 Å². The van der Waals surface area contributed by atoms with Crippen LogP contribution in [-0.4, -0.2) is 31.9 Å². The highest BCUT2D eigenvalue weighted by molar-refractivity contribution is 4.83. The number of aromatic nitrogens is 4. The number of aliphatic hydroxyl groups is 1. The Kier molecular flexibility index (Phi) is 1.93. The lowest BCUT2D eigenvalue weighted by Crippen LogP contribution is -2.13. The standard InChI is InChI=1S/C4H9N5O/c1-9-7-4(6-8-9)3(10)2-5/h3,10H,2,5H2,1H3/t3-/m1/s1. The normalized spacial score (nSPS) is 13.5. The largest absolute Gasteiger partial charge is 0.384 e. The molecule has 0 saturated carbocycles. The highest BCUT2D eigenvalue weighted by atomic mass is 16.3. The summed E-state index contributed by atoms with van der Waals surface area (Å²) in [6.07, 6.45) is -0.798. The topological polar surface area (TPSA) is 89.8 Å². The molecule has 0 aromatic carbocycles. The number of tetrazole rings is 1. The Labute approximate surface area is 57.6 Å². The van der Waals surface area contributed by atoms with Crippen LogP contribution >= 0.6 is 0 Å². The lowest BCUT2D eigenvalue weighted by molar-refractivity contribution is 0.176. The van der Waals surface area contributed by atoms with Gasteiger partial charge in [-0.1, -0.05) is 0 Å². The van der Waals surface area contributed by atoms with E-state index in [1.165, 1.54) is 4.80 Å². The quantitative estimate of drug-likeness (QED) is 0.510. The van der Waals surface area contributed by atoms with Crippen LogP contribution in [0.25, 0.3) is 0 Å². The number of nitrogens with two attached hydrogens (primary N) is 1. The third-order valence-corrected chi connectivity index (χ3v) is 1.05. The van der Waals surface area contributed by atoms with E-state index in [9.17, 15) is 0 Å². The molecule has 6 heteroatoms. The second-order valence-corrected chi connectivity index (χ2v) is 1.89. The molecule has 1 aromatic heterocycles. The molecule has 0 aliphatic carbocycles. The van der Waals surface area contributed by atoms with E-state index in [0.29, 0.717) is 0 Å². The molecular formula is C4H9N5O. The van der Waals surface area contributed by atoms with Gasteiger partial charge in [0, 0.05) is 6.54 Å². The first-order valence-corrected chi connectivity index (χ1v) is 2.86. The number of aryl methyl sites for hydroxylation is 1. The van der Waals surface area contributed by atoms with E-state index in [2.05, 4.69) is 15.4 Å². The van der Waals surface area contributed by atoms with Gasteiger partial charge in [0.15, 0.2) is 0 Å². The second-order valence-electron chi connectivity index (χ2n) is 1.89. The minimum Gasteiger partial charge on any atom is -0.384 e. The van der Waals surface area contributed by atoms with Crippen LogP contribution in [0, 0.1) is 0 Å². The Bertz CT molecular complexity index is 209. The fraction of sp³-hybridized carbons (Fsp3) is 0.750. The number of hydrogen-bond donors (Lipinski definition) is 2. The Morgan fingerprint density at radius 1 is 1.80 bits per heavy atom. The van der Waals surface area contributed by atoms with Gasteiger partial charge >= 0.3 is 0 Å². The lowest BCUT2D eigenvalue weighted by Gasteiger charge is -1.97. The zero-order chi connectivity index (χ0) is 7.56. The van der Waals surface area contributed by atoms with Gasteiger partial charge in [-0.05, 0) is 5.21 Å². The Morgan fingerprint density at radius 2 is 2.50 bits per heavy atom. The fourth-order valence-electron chi connectivity index (χ4n) is 0.538. The molecule has 1 aromatic rings. The van der Waals surface area contributed by atoms with Gasteiger partial charge in [-0.2, -0.15) is 4.80 Å². The first-order chi connectivity index (χ1) is 4.74. The van der Waals surface area contributed by atoms with Gasteiger partial charge < -0.3 is 10.8 Å². The zero-order valence-corrected chi connectivity index (χ0v) is 5.60. The first kappa shape index (κ1) is 7.10. The summed E-state index contributed by atoms with van der Waals surface area (Å²) in [6.45, 7) is 0.117. The van der Waals surface area contributed by atoms with Gasteiger partial charge in [-0.3, -0.25) is 0 Å². The third-order valence-electron chi connectivity index (χ3n) is 1.05. The van der Waals surface area contributed by atoms with E-state index >= 15 is 0 Å². The van der Waals surface area contributed by atoms with Gasteiger partial charge in [0.25, 0.3) is 0 Å². The van der Waals surface area contributed by atoms with Gasteiger partial charge in [-0.15, -0.1) is 10.2 Å². The molecule has 0 bridgehead atoms. The molecule has 0 fully saturated rings. The molecule has 0 aliphatic heterocycles. The van der Waals surface area contributed by atoms with Crippen molar-refractivity contribution in [3.63, 3.8) is 0 Å². The van der Waals surface area contributed by atoms with E-state index in [4.69, 9.17) is 10.8 Å². The molecule has 0 amide bonds. The molecule has 0 saturated heterocycles.